The van der Waals surface area contributed by atoms with Crippen LogP contribution in [0.1, 0.15) is 24.5 Å². The van der Waals surface area contributed by atoms with Crippen LogP contribution >= 0.6 is 0 Å². The van der Waals surface area contributed by atoms with Gasteiger partial charge >= 0.3 is 0 Å². The van der Waals surface area contributed by atoms with Gasteiger partial charge in [0.1, 0.15) is 5.76 Å². The summed E-state index contributed by atoms with van der Waals surface area (Å²) in [6.07, 6.45) is 3.94. The van der Waals surface area contributed by atoms with E-state index in [1.807, 2.05) is 12.1 Å². The number of aliphatic hydroxyl groups is 1. The van der Waals surface area contributed by atoms with Crippen molar-refractivity contribution in [2.24, 2.45) is 5.92 Å². The molecule has 1 aromatic rings. The lowest BCUT2D eigenvalue weighted by Crippen LogP contribution is -2.31. The molecule has 0 aliphatic carbocycles. The lowest BCUT2D eigenvalue weighted by molar-refractivity contribution is 0.184. The van der Waals surface area contributed by atoms with Crippen LogP contribution in [0, 0.1) is 5.92 Å². The fraction of sp³-hybridized carbons (Fsp3) is 0.636. The molecule has 0 spiro atoms. The number of furan rings is 1. The average molecular weight is 195 g/mol. The summed E-state index contributed by atoms with van der Waals surface area (Å²) in [5.41, 5.74) is 0. The van der Waals surface area contributed by atoms with Crippen molar-refractivity contribution in [2.45, 2.75) is 18.8 Å². The van der Waals surface area contributed by atoms with Crippen molar-refractivity contribution in [3.05, 3.63) is 24.2 Å². The second-order valence-electron chi connectivity index (χ2n) is 3.89. The van der Waals surface area contributed by atoms with E-state index in [1.165, 1.54) is 0 Å². The number of aliphatic hydroxyl groups excluding tert-OH is 1. The van der Waals surface area contributed by atoms with E-state index >= 15 is 0 Å². The van der Waals surface area contributed by atoms with E-state index in [4.69, 9.17) is 4.42 Å². The van der Waals surface area contributed by atoms with Gasteiger partial charge in [-0.25, -0.2) is 0 Å². The molecule has 1 aliphatic heterocycles. The summed E-state index contributed by atoms with van der Waals surface area (Å²) in [5, 5.41) is 12.7. The molecule has 0 saturated carbocycles. The normalized spacial score (nSPS) is 20.9. The third-order valence-corrected chi connectivity index (χ3v) is 3.06. The van der Waals surface area contributed by atoms with Gasteiger partial charge in [0, 0.05) is 5.92 Å². The van der Waals surface area contributed by atoms with Crippen LogP contribution in [0.2, 0.25) is 0 Å². The van der Waals surface area contributed by atoms with Gasteiger partial charge in [-0.2, -0.15) is 0 Å². The van der Waals surface area contributed by atoms with Crippen molar-refractivity contribution in [3.8, 4) is 0 Å². The van der Waals surface area contributed by atoms with E-state index < -0.39 is 0 Å². The van der Waals surface area contributed by atoms with Crippen LogP contribution in [0.25, 0.3) is 0 Å². The maximum absolute atomic E-state index is 9.37. The van der Waals surface area contributed by atoms with Crippen LogP contribution in [0.5, 0.6) is 0 Å². The number of nitrogens with one attached hydrogen (secondary N) is 1. The first kappa shape index (κ1) is 9.74. The van der Waals surface area contributed by atoms with Gasteiger partial charge in [-0.15, -0.1) is 0 Å². The smallest absolute Gasteiger partial charge is 0.109 e. The minimum Gasteiger partial charge on any atom is -0.469 e. The molecular formula is C11H17NO2. The molecule has 2 heterocycles. The maximum Gasteiger partial charge on any atom is 0.109 e. The third-order valence-electron chi connectivity index (χ3n) is 3.06. The third kappa shape index (κ3) is 1.99. The molecule has 3 nitrogen and oxygen atoms in total. The van der Waals surface area contributed by atoms with E-state index in [2.05, 4.69) is 5.32 Å². The van der Waals surface area contributed by atoms with Crippen LogP contribution in [0.3, 0.4) is 0 Å². The Kier molecular flexibility index (Phi) is 3.22. The number of piperidine rings is 1. The number of hydrogen-bond acceptors (Lipinski definition) is 3. The van der Waals surface area contributed by atoms with Gasteiger partial charge in [0.2, 0.25) is 0 Å². The van der Waals surface area contributed by atoms with Gasteiger partial charge in [-0.1, -0.05) is 0 Å². The molecule has 2 rings (SSSR count). The molecule has 0 radical (unpaired) electrons. The van der Waals surface area contributed by atoms with Crippen molar-refractivity contribution >= 4 is 0 Å². The molecule has 1 unspecified atom stereocenters. The van der Waals surface area contributed by atoms with Gasteiger partial charge in [-0.05, 0) is 44.0 Å². The molecule has 0 aromatic carbocycles. The van der Waals surface area contributed by atoms with E-state index in [-0.39, 0.29) is 12.5 Å². The lowest BCUT2D eigenvalue weighted by atomic mass is 9.84. The van der Waals surface area contributed by atoms with Crippen LogP contribution < -0.4 is 5.32 Å². The van der Waals surface area contributed by atoms with Crippen LogP contribution in [0.4, 0.5) is 0 Å². The van der Waals surface area contributed by atoms with E-state index in [1.54, 1.807) is 6.26 Å². The molecule has 14 heavy (non-hydrogen) atoms. The SMILES string of the molecule is OCC(c1ccco1)C1CCNCC1. The van der Waals surface area contributed by atoms with Crippen LogP contribution in [0.15, 0.2) is 22.8 Å². The molecule has 3 heteroatoms. The molecule has 1 aromatic heterocycles. The lowest BCUT2D eigenvalue weighted by Gasteiger charge is -2.28. The Hall–Kier alpha value is -0.800. The molecule has 78 valence electrons. The van der Waals surface area contributed by atoms with Crippen molar-refractivity contribution in [3.63, 3.8) is 0 Å². The molecule has 1 atom stereocenters. The van der Waals surface area contributed by atoms with Gasteiger partial charge < -0.3 is 14.8 Å². The predicted octanol–water partition coefficient (Wildman–Crippen LogP) is 1.36. The molecule has 0 amide bonds. The van der Waals surface area contributed by atoms with Gasteiger partial charge in [-0.3, -0.25) is 0 Å². The highest BCUT2D eigenvalue weighted by Crippen LogP contribution is 2.30. The fourth-order valence-corrected chi connectivity index (χ4v) is 2.22. The monoisotopic (exact) mass is 195 g/mol. The highest BCUT2D eigenvalue weighted by Gasteiger charge is 2.25. The number of hydrogen-bond donors (Lipinski definition) is 2. The summed E-state index contributed by atoms with van der Waals surface area (Å²) in [4.78, 5) is 0. The summed E-state index contributed by atoms with van der Waals surface area (Å²) in [7, 11) is 0. The number of rotatable bonds is 3. The summed E-state index contributed by atoms with van der Waals surface area (Å²) >= 11 is 0. The van der Waals surface area contributed by atoms with Gasteiger partial charge in [0.15, 0.2) is 0 Å². The Balaban J connectivity index is 2.04. The zero-order chi connectivity index (χ0) is 9.80. The first-order valence-corrected chi connectivity index (χ1v) is 5.27. The molecular weight excluding hydrogens is 178 g/mol. The molecule has 1 saturated heterocycles. The first-order valence-electron chi connectivity index (χ1n) is 5.27. The van der Waals surface area contributed by atoms with Crippen molar-refractivity contribution in [1.29, 1.82) is 0 Å². The van der Waals surface area contributed by atoms with Crippen LogP contribution in [-0.2, 0) is 0 Å². The largest absolute Gasteiger partial charge is 0.469 e. The Morgan fingerprint density at radius 1 is 1.50 bits per heavy atom. The minimum atomic E-state index is 0.187. The average Bonchev–Trinajstić information content (AvgIpc) is 2.74. The van der Waals surface area contributed by atoms with Crippen LogP contribution in [-0.4, -0.2) is 24.8 Å². The summed E-state index contributed by atoms with van der Waals surface area (Å²) in [6.45, 7) is 2.31. The standard InChI is InChI=1S/C11H17NO2/c13-8-10(11-2-1-7-14-11)9-3-5-12-6-4-9/h1-2,7,9-10,12-13H,3-6,8H2. The summed E-state index contributed by atoms with van der Waals surface area (Å²) in [6, 6.07) is 3.85. The maximum atomic E-state index is 9.37. The zero-order valence-electron chi connectivity index (χ0n) is 8.28. The van der Waals surface area contributed by atoms with Crippen molar-refractivity contribution in [2.75, 3.05) is 19.7 Å². The highest BCUT2D eigenvalue weighted by atomic mass is 16.3. The van der Waals surface area contributed by atoms with Gasteiger partial charge in [0.25, 0.3) is 0 Å². The molecule has 1 aliphatic rings. The quantitative estimate of drug-likeness (QED) is 0.765. The Bertz CT molecular complexity index is 252. The molecule has 1 fully saturated rings. The minimum absolute atomic E-state index is 0.187. The highest BCUT2D eigenvalue weighted by molar-refractivity contribution is 5.07. The van der Waals surface area contributed by atoms with E-state index in [9.17, 15) is 5.11 Å². The van der Waals surface area contributed by atoms with Gasteiger partial charge in [0.05, 0.1) is 12.9 Å². The molecule has 0 bridgehead atoms. The Morgan fingerprint density at radius 2 is 2.29 bits per heavy atom. The van der Waals surface area contributed by atoms with E-state index in [0.29, 0.717) is 5.92 Å². The second kappa shape index (κ2) is 4.62. The first-order chi connectivity index (χ1) is 6.92. The second-order valence-corrected chi connectivity index (χ2v) is 3.89. The Morgan fingerprint density at radius 3 is 2.86 bits per heavy atom. The summed E-state index contributed by atoms with van der Waals surface area (Å²) in [5.74, 6) is 1.68. The van der Waals surface area contributed by atoms with Crippen molar-refractivity contribution < 1.29 is 9.52 Å². The predicted molar refractivity (Wildman–Crippen MR) is 54.1 cm³/mol. The zero-order valence-corrected chi connectivity index (χ0v) is 8.28. The fourth-order valence-electron chi connectivity index (χ4n) is 2.22. The van der Waals surface area contributed by atoms with Crippen molar-refractivity contribution in [1.82, 2.24) is 5.32 Å². The topological polar surface area (TPSA) is 45.4 Å². The Labute approximate surface area is 84.1 Å². The van der Waals surface area contributed by atoms with E-state index in [0.717, 1.165) is 31.7 Å². The summed E-state index contributed by atoms with van der Waals surface area (Å²) < 4.78 is 5.36. The molecule has 2 N–H and O–H groups in total.